The highest BCUT2D eigenvalue weighted by molar-refractivity contribution is 5.76. The molecule has 44 heavy (non-hydrogen) atoms. The van der Waals surface area contributed by atoms with Gasteiger partial charge in [0.15, 0.2) is 0 Å². The van der Waals surface area contributed by atoms with Gasteiger partial charge in [-0.3, -0.25) is 9.98 Å². The number of para-hydroxylation sites is 2. The lowest BCUT2D eigenvalue weighted by atomic mass is 10.1. The molecule has 2 heteroatoms. The van der Waals surface area contributed by atoms with Crippen LogP contribution in [0.3, 0.4) is 0 Å². The minimum absolute atomic E-state index is 1.01. The summed E-state index contributed by atoms with van der Waals surface area (Å²) < 4.78 is 0. The minimum Gasteiger partial charge on any atom is -0.261 e. The molecule has 2 aliphatic heterocycles. The van der Waals surface area contributed by atoms with Crippen LogP contribution in [0.15, 0.2) is 119 Å². The Hall–Kier alpha value is -4.30. The predicted octanol–water partition coefficient (Wildman–Crippen LogP) is 12.5. The zero-order chi connectivity index (χ0) is 32.4. The van der Waals surface area contributed by atoms with E-state index >= 15 is 0 Å². The third kappa shape index (κ3) is 12.5. The van der Waals surface area contributed by atoms with Gasteiger partial charge in [0, 0.05) is 25.3 Å². The molecule has 0 unspecified atom stereocenters. The van der Waals surface area contributed by atoms with E-state index in [0.29, 0.717) is 0 Å². The lowest BCUT2D eigenvalue weighted by molar-refractivity contribution is 1.31. The summed E-state index contributed by atoms with van der Waals surface area (Å²) in [6.45, 7) is 16.0. The first-order valence-corrected chi connectivity index (χ1v) is 16.6. The van der Waals surface area contributed by atoms with Crippen molar-refractivity contribution in [3.05, 3.63) is 143 Å². The second kappa shape index (κ2) is 24.2. The first-order chi connectivity index (χ1) is 21.9. The Labute approximate surface area is 269 Å². The lowest BCUT2D eigenvalue weighted by Gasteiger charge is -1.93. The van der Waals surface area contributed by atoms with Gasteiger partial charge in [-0.2, -0.15) is 0 Å². The highest BCUT2D eigenvalue weighted by atomic mass is 14.7. The highest BCUT2D eigenvalue weighted by Crippen LogP contribution is 2.23. The lowest BCUT2D eigenvalue weighted by Crippen LogP contribution is -1.76. The number of benzene rings is 4. The molecule has 0 saturated heterocycles. The molecule has 232 valence electrons. The summed E-state index contributed by atoms with van der Waals surface area (Å²) in [6.07, 6.45) is 16.9. The van der Waals surface area contributed by atoms with Gasteiger partial charge < -0.3 is 0 Å². The largest absolute Gasteiger partial charge is 0.261 e. The third-order valence-corrected chi connectivity index (χ3v) is 6.45. The maximum atomic E-state index is 4.17. The van der Waals surface area contributed by atoms with Gasteiger partial charge >= 0.3 is 0 Å². The molecule has 0 spiro atoms. The predicted molar refractivity (Wildman–Crippen MR) is 200 cm³/mol. The molecule has 8 rings (SSSR count). The van der Waals surface area contributed by atoms with E-state index in [0.717, 1.165) is 37.1 Å². The summed E-state index contributed by atoms with van der Waals surface area (Å²) in [6, 6.07) is 33.4. The van der Waals surface area contributed by atoms with Crippen LogP contribution in [-0.2, 0) is 25.7 Å². The Bertz CT molecular complexity index is 1220. The van der Waals surface area contributed by atoms with Crippen LogP contribution in [0.4, 0.5) is 11.4 Å². The van der Waals surface area contributed by atoms with Crippen molar-refractivity contribution in [2.75, 3.05) is 0 Å². The van der Waals surface area contributed by atoms with Crippen molar-refractivity contribution < 1.29 is 0 Å². The minimum atomic E-state index is 1.01. The Balaban J connectivity index is 0.000000272. The van der Waals surface area contributed by atoms with Gasteiger partial charge in [0.2, 0.25) is 0 Å². The van der Waals surface area contributed by atoms with Crippen LogP contribution in [0.2, 0.25) is 0 Å². The van der Waals surface area contributed by atoms with E-state index in [9.17, 15) is 0 Å². The summed E-state index contributed by atoms with van der Waals surface area (Å²) in [4.78, 5) is 8.35. The second-order valence-corrected chi connectivity index (χ2v) is 8.90. The van der Waals surface area contributed by atoms with E-state index in [1.165, 1.54) is 33.4 Å². The Morgan fingerprint density at radius 2 is 0.682 bits per heavy atom. The fraction of sp³-hybridized carbons (Fsp3) is 0.286. The zero-order valence-corrected chi connectivity index (χ0v) is 28.4. The van der Waals surface area contributed by atoms with Crippen molar-refractivity contribution in [1.82, 2.24) is 0 Å². The van der Waals surface area contributed by atoms with E-state index in [2.05, 4.69) is 95.0 Å². The van der Waals surface area contributed by atoms with Crippen LogP contribution in [0, 0.1) is 0 Å². The number of hydrogen-bond donors (Lipinski definition) is 0. The molecule has 2 aliphatic carbocycles. The van der Waals surface area contributed by atoms with E-state index in [1.807, 2.05) is 104 Å². The molecular weight excluding hydrogens is 532 g/mol. The molecule has 2 heterocycles. The number of rotatable bonds is 0. The SMILES string of the molecule is C1=Cc2ccccc2C1.C1=Cc2ccccc2C1.C1=Nc2ccccc2C1.C1=Nc2ccccc2C1.CC.CC.CC.CC. The van der Waals surface area contributed by atoms with Crippen molar-refractivity contribution in [1.29, 1.82) is 0 Å². The Kier molecular flexibility index (Phi) is 20.7. The molecule has 2 nitrogen and oxygen atoms in total. The van der Waals surface area contributed by atoms with Crippen LogP contribution in [0.25, 0.3) is 12.2 Å². The maximum Gasteiger partial charge on any atom is 0.0661 e. The maximum absolute atomic E-state index is 4.17. The molecule has 0 aromatic heterocycles. The smallest absolute Gasteiger partial charge is 0.0661 e. The number of allylic oxidation sites excluding steroid dienone is 2. The zero-order valence-electron chi connectivity index (χ0n) is 28.4. The first kappa shape index (κ1) is 37.7. The van der Waals surface area contributed by atoms with Crippen LogP contribution >= 0.6 is 0 Å². The summed E-state index contributed by atoms with van der Waals surface area (Å²) in [5, 5.41) is 0. The molecule has 0 atom stereocenters. The van der Waals surface area contributed by atoms with Crippen LogP contribution in [0.1, 0.15) is 88.8 Å². The molecule has 0 amide bonds. The summed E-state index contributed by atoms with van der Waals surface area (Å²) in [5.41, 5.74) is 10.6. The van der Waals surface area contributed by atoms with Crippen molar-refractivity contribution >= 4 is 36.0 Å². The van der Waals surface area contributed by atoms with Gasteiger partial charge in [-0.25, -0.2) is 0 Å². The Morgan fingerprint density at radius 3 is 1.02 bits per heavy atom. The average molecular weight is 587 g/mol. The van der Waals surface area contributed by atoms with Gasteiger partial charge in [0.25, 0.3) is 0 Å². The van der Waals surface area contributed by atoms with Crippen molar-refractivity contribution in [3.8, 4) is 0 Å². The van der Waals surface area contributed by atoms with Gasteiger partial charge in [-0.1, -0.05) is 165 Å². The molecule has 0 bridgehead atoms. The van der Waals surface area contributed by atoms with Crippen molar-refractivity contribution in [2.24, 2.45) is 9.98 Å². The molecule has 0 saturated carbocycles. The average Bonchev–Trinajstić information content (AvgIpc) is 3.96. The standard InChI is InChI=1S/2C9H8.2C8H7N.4C2H6/c2*1-2-5-9-7-3-6-8(9)4-1;2*1-2-4-8-7(3-1)5-6-9-8;4*1-2/h2*1-6H,7H2;2*1-4,6H,5H2;4*1-2H3. The molecule has 4 aromatic rings. The summed E-state index contributed by atoms with van der Waals surface area (Å²) in [7, 11) is 0. The molecule has 0 radical (unpaired) electrons. The normalized spacial score (nSPS) is 11.8. The Morgan fingerprint density at radius 1 is 0.364 bits per heavy atom. The van der Waals surface area contributed by atoms with Gasteiger partial charge in [-0.15, -0.1) is 0 Å². The quantitative estimate of drug-likeness (QED) is 0.196. The van der Waals surface area contributed by atoms with E-state index in [4.69, 9.17) is 0 Å². The van der Waals surface area contributed by atoms with E-state index in [-0.39, 0.29) is 0 Å². The van der Waals surface area contributed by atoms with Crippen LogP contribution in [-0.4, -0.2) is 12.4 Å². The van der Waals surface area contributed by atoms with Crippen molar-refractivity contribution in [3.63, 3.8) is 0 Å². The van der Waals surface area contributed by atoms with Gasteiger partial charge in [0.1, 0.15) is 0 Å². The first-order valence-electron chi connectivity index (χ1n) is 16.6. The molecule has 4 aliphatic rings. The van der Waals surface area contributed by atoms with Crippen LogP contribution < -0.4 is 0 Å². The third-order valence-electron chi connectivity index (χ3n) is 6.45. The monoisotopic (exact) mass is 586 g/mol. The van der Waals surface area contributed by atoms with Crippen LogP contribution in [0.5, 0.6) is 0 Å². The van der Waals surface area contributed by atoms with Gasteiger partial charge in [0.05, 0.1) is 11.4 Å². The second-order valence-electron chi connectivity index (χ2n) is 8.90. The van der Waals surface area contributed by atoms with Gasteiger partial charge in [-0.05, 0) is 58.4 Å². The highest BCUT2D eigenvalue weighted by Gasteiger charge is 2.03. The molecule has 4 aromatic carbocycles. The summed E-state index contributed by atoms with van der Waals surface area (Å²) >= 11 is 0. The molecule has 0 fully saturated rings. The number of hydrogen-bond acceptors (Lipinski definition) is 2. The molecular formula is C42H54N2. The topological polar surface area (TPSA) is 24.7 Å². The molecule has 0 N–H and O–H groups in total. The van der Waals surface area contributed by atoms with Crippen molar-refractivity contribution in [2.45, 2.75) is 81.1 Å². The van der Waals surface area contributed by atoms with E-state index in [1.54, 1.807) is 0 Å². The fourth-order valence-electron chi connectivity index (χ4n) is 4.49. The fourth-order valence-corrected chi connectivity index (χ4v) is 4.49. The number of fused-ring (bicyclic) bond motifs is 4. The van der Waals surface area contributed by atoms with E-state index < -0.39 is 0 Å². The number of aliphatic imine (C=N–C) groups is 2. The summed E-state index contributed by atoms with van der Waals surface area (Å²) in [5.74, 6) is 0. The number of nitrogens with zero attached hydrogens (tertiary/aromatic N) is 2.